The highest BCUT2D eigenvalue weighted by Gasteiger charge is 2.10. The molecule has 2 N–H and O–H groups in total. The number of methoxy groups -OCH3 is 1. The fourth-order valence-corrected chi connectivity index (χ4v) is 2.07. The standard InChI is InChI=1S/C16H20N2O2/c1-11-4-5-14(15(19)8-11)12(2)18-10-13-6-7-17-16(9-13)20-3/h4-9,12,18-19H,10H2,1-3H3. The van der Waals surface area contributed by atoms with Gasteiger partial charge in [-0.2, -0.15) is 0 Å². The number of pyridine rings is 1. The van der Waals surface area contributed by atoms with Gasteiger partial charge in [0.1, 0.15) is 5.75 Å². The molecule has 1 aromatic carbocycles. The van der Waals surface area contributed by atoms with Crippen LogP contribution in [0.5, 0.6) is 11.6 Å². The van der Waals surface area contributed by atoms with E-state index < -0.39 is 0 Å². The number of benzene rings is 1. The molecule has 1 heterocycles. The lowest BCUT2D eigenvalue weighted by molar-refractivity contribution is 0.396. The van der Waals surface area contributed by atoms with Crippen molar-refractivity contribution in [3.63, 3.8) is 0 Å². The number of phenols is 1. The fourth-order valence-electron chi connectivity index (χ4n) is 2.07. The van der Waals surface area contributed by atoms with E-state index in [9.17, 15) is 5.11 Å². The van der Waals surface area contributed by atoms with Crippen LogP contribution in [-0.2, 0) is 6.54 Å². The highest BCUT2D eigenvalue weighted by Crippen LogP contribution is 2.25. The van der Waals surface area contributed by atoms with Crippen LogP contribution in [0.25, 0.3) is 0 Å². The molecule has 0 aliphatic heterocycles. The number of rotatable bonds is 5. The first-order chi connectivity index (χ1) is 9.60. The average molecular weight is 272 g/mol. The summed E-state index contributed by atoms with van der Waals surface area (Å²) in [4.78, 5) is 4.08. The third kappa shape index (κ3) is 3.48. The van der Waals surface area contributed by atoms with E-state index in [1.807, 2.05) is 38.1 Å². The number of aromatic nitrogens is 1. The zero-order valence-corrected chi connectivity index (χ0v) is 12.1. The van der Waals surface area contributed by atoms with E-state index in [1.165, 1.54) is 0 Å². The van der Waals surface area contributed by atoms with E-state index in [1.54, 1.807) is 19.4 Å². The van der Waals surface area contributed by atoms with Gasteiger partial charge in [0.25, 0.3) is 0 Å². The molecule has 4 nitrogen and oxygen atoms in total. The number of phenolic OH excluding ortho intramolecular Hbond substituents is 1. The summed E-state index contributed by atoms with van der Waals surface area (Å²) in [6.07, 6.45) is 1.73. The van der Waals surface area contributed by atoms with Gasteiger partial charge in [0.15, 0.2) is 0 Å². The number of hydrogen-bond acceptors (Lipinski definition) is 4. The van der Waals surface area contributed by atoms with Crippen molar-refractivity contribution in [3.8, 4) is 11.6 Å². The molecule has 106 valence electrons. The Morgan fingerprint density at radius 2 is 2.10 bits per heavy atom. The van der Waals surface area contributed by atoms with Crippen LogP contribution >= 0.6 is 0 Å². The van der Waals surface area contributed by atoms with E-state index in [4.69, 9.17) is 4.74 Å². The second-order valence-electron chi connectivity index (χ2n) is 4.87. The minimum absolute atomic E-state index is 0.0646. The summed E-state index contributed by atoms with van der Waals surface area (Å²) in [7, 11) is 1.60. The largest absolute Gasteiger partial charge is 0.508 e. The third-order valence-corrected chi connectivity index (χ3v) is 3.27. The van der Waals surface area contributed by atoms with Gasteiger partial charge in [0.2, 0.25) is 5.88 Å². The van der Waals surface area contributed by atoms with Crippen molar-refractivity contribution in [2.75, 3.05) is 7.11 Å². The number of ether oxygens (including phenoxy) is 1. The van der Waals surface area contributed by atoms with Crippen LogP contribution in [0.2, 0.25) is 0 Å². The normalized spacial score (nSPS) is 12.2. The van der Waals surface area contributed by atoms with Gasteiger partial charge in [-0.3, -0.25) is 0 Å². The Kier molecular flexibility index (Phi) is 4.58. The van der Waals surface area contributed by atoms with Crippen molar-refractivity contribution < 1.29 is 9.84 Å². The van der Waals surface area contributed by atoms with Crippen LogP contribution in [0.3, 0.4) is 0 Å². The predicted molar refractivity (Wildman–Crippen MR) is 78.9 cm³/mol. The lowest BCUT2D eigenvalue weighted by Crippen LogP contribution is -2.18. The smallest absolute Gasteiger partial charge is 0.213 e. The Hall–Kier alpha value is -2.07. The van der Waals surface area contributed by atoms with E-state index in [2.05, 4.69) is 10.3 Å². The van der Waals surface area contributed by atoms with E-state index >= 15 is 0 Å². The second-order valence-corrected chi connectivity index (χ2v) is 4.87. The fraction of sp³-hybridized carbons (Fsp3) is 0.312. The van der Waals surface area contributed by atoms with Gasteiger partial charge in [-0.25, -0.2) is 4.98 Å². The first-order valence-corrected chi connectivity index (χ1v) is 6.62. The van der Waals surface area contributed by atoms with Crippen molar-refractivity contribution in [3.05, 3.63) is 53.2 Å². The van der Waals surface area contributed by atoms with Crippen molar-refractivity contribution in [1.29, 1.82) is 0 Å². The maximum absolute atomic E-state index is 9.97. The molecule has 0 saturated carbocycles. The molecule has 1 unspecified atom stereocenters. The molecule has 0 spiro atoms. The van der Waals surface area contributed by atoms with E-state index in [0.717, 1.165) is 16.7 Å². The summed E-state index contributed by atoms with van der Waals surface area (Å²) in [6.45, 7) is 4.68. The highest BCUT2D eigenvalue weighted by atomic mass is 16.5. The average Bonchev–Trinajstić information content (AvgIpc) is 2.45. The molecule has 0 aliphatic carbocycles. The molecular formula is C16H20N2O2. The van der Waals surface area contributed by atoms with Gasteiger partial charge in [-0.1, -0.05) is 12.1 Å². The molecule has 0 radical (unpaired) electrons. The predicted octanol–water partition coefficient (Wildman–Crippen LogP) is 2.96. The zero-order valence-electron chi connectivity index (χ0n) is 12.1. The van der Waals surface area contributed by atoms with Crippen LogP contribution in [0.4, 0.5) is 0 Å². The SMILES string of the molecule is COc1cc(CNC(C)c2ccc(C)cc2O)ccn1. The van der Waals surface area contributed by atoms with Gasteiger partial charge in [-0.15, -0.1) is 0 Å². The monoisotopic (exact) mass is 272 g/mol. The molecule has 1 aromatic heterocycles. The maximum Gasteiger partial charge on any atom is 0.213 e. The van der Waals surface area contributed by atoms with Crippen molar-refractivity contribution in [2.24, 2.45) is 0 Å². The van der Waals surface area contributed by atoms with Crippen molar-refractivity contribution >= 4 is 0 Å². The molecule has 0 fully saturated rings. The van der Waals surface area contributed by atoms with Gasteiger partial charge >= 0.3 is 0 Å². The Balaban J connectivity index is 2.02. The molecule has 0 amide bonds. The number of aryl methyl sites for hydroxylation is 1. The second kappa shape index (κ2) is 6.39. The lowest BCUT2D eigenvalue weighted by atomic mass is 10.0. The summed E-state index contributed by atoms with van der Waals surface area (Å²) < 4.78 is 5.10. The van der Waals surface area contributed by atoms with Crippen molar-refractivity contribution in [1.82, 2.24) is 10.3 Å². The van der Waals surface area contributed by atoms with Gasteiger partial charge in [0, 0.05) is 30.4 Å². The molecular weight excluding hydrogens is 252 g/mol. The maximum atomic E-state index is 9.97. The van der Waals surface area contributed by atoms with Crippen molar-refractivity contribution in [2.45, 2.75) is 26.4 Å². The minimum atomic E-state index is 0.0646. The Bertz CT molecular complexity index is 584. The molecule has 0 bridgehead atoms. The topological polar surface area (TPSA) is 54.4 Å². The van der Waals surface area contributed by atoms with Crippen LogP contribution in [0.15, 0.2) is 36.5 Å². The molecule has 0 saturated heterocycles. The summed E-state index contributed by atoms with van der Waals surface area (Å²) in [5.74, 6) is 0.937. The molecule has 1 atom stereocenters. The summed E-state index contributed by atoms with van der Waals surface area (Å²) in [5.41, 5.74) is 3.05. The summed E-state index contributed by atoms with van der Waals surface area (Å²) in [5, 5.41) is 13.4. The molecule has 4 heteroatoms. The highest BCUT2D eigenvalue weighted by molar-refractivity contribution is 5.37. The third-order valence-electron chi connectivity index (χ3n) is 3.27. The number of nitrogens with zero attached hydrogens (tertiary/aromatic N) is 1. The van der Waals surface area contributed by atoms with Crippen LogP contribution in [0, 0.1) is 6.92 Å². The minimum Gasteiger partial charge on any atom is -0.508 e. The van der Waals surface area contributed by atoms with Gasteiger partial charge in [0.05, 0.1) is 7.11 Å². The van der Waals surface area contributed by atoms with E-state index in [0.29, 0.717) is 18.2 Å². The Morgan fingerprint density at radius 3 is 2.80 bits per heavy atom. The number of aromatic hydroxyl groups is 1. The molecule has 2 rings (SSSR count). The van der Waals surface area contributed by atoms with Crippen LogP contribution < -0.4 is 10.1 Å². The first-order valence-electron chi connectivity index (χ1n) is 6.62. The Morgan fingerprint density at radius 1 is 1.30 bits per heavy atom. The van der Waals surface area contributed by atoms with E-state index in [-0.39, 0.29) is 6.04 Å². The van der Waals surface area contributed by atoms with Crippen LogP contribution in [0.1, 0.15) is 29.7 Å². The van der Waals surface area contributed by atoms with Gasteiger partial charge in [-0.05, 0) is 37.1 Å². The van der Waals surface area contributed by atoms with Crippen LogP contribution in [-0.4, -0.2) is 17.2 Å². The molecule has 20 heavy (non-hydrogen) atoms. The first kappa shape index (κ1) is 14.3. The Labute approximate surface area is 119 Å². The molecule has 0 aliphatic rings. The summed E-state index contributed by atoms with van der Waals surface area (Å²) >= 11 is 0. The number of hydrogen-bond donors (Lipinski definition) is 2. The lowest BCUT2D eigenvalue weighted by Gasteiger charge is -2.16. The zero-order chi connectivity index (χ0) is 14.5. The summed E-state index contributed by atoms with van der Waals surface area (Å²) in [6, 6.07) is 9.64. The number of nitrogens with one attached hydrogen (secondary N) is 1. The molecule has 2 aromatic rings. The quantitative estimate of drug-likeness (QED) is 0.878. The van der Waals surface area contributed by atoms with Gasteiger partial charge < -0.3 is 15.2 Å².